The zero-order valence-corrected chi connectivity index (χ0v) is 22.7. The Kier molecular flexibility index (Phi) is 11.3. The third kappa shape index (κ3) is 5.72. The van der Waals surface area contributed by atoms with E-state index in [-0.39, 0.29) is 6.92 Å². The van der Waals surface area contributed by atoms with Gasteiger partial charge in [0.2, 0.25) is 0 Å². The Morgan fingerprint density at radius 1 is 0.346 bits per heavy atom. The minimum atomic E-state index is -10.2. The summed E-state index contributed by atoms with van der Waals surface area (Å²) in [5.74, 6) is -111. The average Bonchev–Trinajstić information content (AvgIpc) is 2.89. The molecule has 0 aromatic heterocycles. The summed E-state index contributed by atoms with van der Waals surface area (Å²) in [7, 11) is 0. The topological polar surface area (TPSA) is 26.3 Å². The molecule has 0 saturated heterocycles. The number of carbonyl (C=O) groups is 1. The minimum absolute atomic E-state index is 0.232. The minimum Gasteiger partial charge on any atom is -0.413 e. The highest BCUT2D eigenvalue weighted by atomic mass is 19.4. The van der Waals surface area contributed by atoms with E-state index in [1.54, 1.807) is 0 Å². The molecule has 0 heterocycles. The van der Waals surface area contributed by atoms with E-state index in [4.69, 9.17) is 0 Å². The Morgan fingerprint density at radius 2 is 0.558 bits per heavy atom. The van der Waals surface area contributed by atoms with E-state index in [2.05, 4.69) is 0 Å². The lowest BCUT2D eigenvalue weighted by atomic mass is 9.81. The molecule has 2 nitrogen and oxygen atoms in total. The van der Waals surface area contributed by atoms with Crippen LogP contribution in [-0.2, 0) is 9.53 Å². The van der Waals surface area contributed by atoms with E-state index < -0.39 is 101 Å². The monoisotopic (exact) mass is 854 g/mol. The van der Waals surface area contributed by atoms with Crippen molar-refractivity contribution in [2.24, 2.45) is 0 Å². The van der Waals surface area contributed by atoms with Gasteiger partial charge in [0, 0.05) is 5.57 Å². The van der Waals surface area contributed by atoms with Gasteiger partial charge in [-0.2, -0.15) is 132 Å². The second-order valence-electron chi connectivity index (χ2n) is 9.66. The Hall–Kier alpha value is -2.96. The molecule has 0 spiro atoms. The van der Waals surface area contributed by atoms with Crippen molar-refractivity contribution in [1.82, 2.24) is 0 Å². The second-order valence-corrected chi connectivity index (χ2v) is 9.66. The van der Waals surface area contributed by atoms with Gasteiger partial charge in [-0.05, 0) is 6.92 Å². The molecule has 0 radical (unpaired) electrons. The molecule has 1 unspecified atom stereocenters. The fraction of sp³-hybridized carbons (Fsp3) is 0.842. The van der Waals surface area contributed by atoms with Crippen LogP contribution in [0.4, 0.5) is 136 Å². The van der Waals surface area contributed by atoms with Crippen LogP contribution in [0.15, 0.2) is 12.2 Å². The van der Waals surface area contributed by atoms with Crippen molar-refractivity contribution in [3.63, 3.8) is 0 Å². The van der Waals surface area contributed by atoms with E-state index >= 15 is 0 Å². The van der Waals surface area contributed by atoms with E-state index in [0.29, 0.717) is 0 Å². The summed E-state index contributed by atoms with van der Waals surface area (Å²) in [5.41, 5.74) is -11.5. The van der Waals surface area contributed by atoms with Gasteiger partial charge in [0.1, 0.15) is 0 Å². The normalized spacial score (nSPS) is 17.5. The summed E-state index contributed by atoms with van der Waals surface area (Å²) < 4.78 is 421. The number of esters is 1. The zero-order valence-electron chi connectivity index (χ0n) is 22.7. The van der Waals surface area contributed by atoms with Gasteiger partial charge in [-0.15, -0.1) is 0 Å². The molecule has 0 rings (SSSR count). The first-order valence-corrected chi connectivity index (χ1v) is 11.1. The number of ether oxygens (including phenoxy) is 1. The largest absolute Gasteiger partial charge is 0.460 e. The predicted molar refractivity (Wildman–Crippen MR) is 96.2 cm³/mol. The van der Waals surface area contributed by atoms with Crippen LogP contribution in [0.1, 0.15) is 6.92 Å². The van der Waals surface area contributed by atoms with Crippen molar-refractivity contribution in [3.05, 3.63) is 12.2 Å². The molecule has 0 aliphatic heterocycles. The number of rotatable bonds is 13. The second kappa shape index (κ2) is 12.0. The molecule has 0 aromatic rings. The molecule has 33 heteroatoms. The van der Waals surface area contributed by atoms with Crippen molar-refractivity contribution in [1.29, 1.82) is 0 Å². The summed E-state index contributed by atoms with van der Waals surface area (Å²) in [6.45, 7) is 1.80. The standard InChI is InChI=1S/C19H5F31O2/c1-3(2)4(51)52-16(41,14(37,38)15(39,40)19(48,49)50)13(35,36)12(33,34)11(31,32)10(29,30)9(27,28)8(25,26)7(23,24)6(21,22)5(20,17(42,43)44)18(45,46)47/h1H2,2H3. The van der Waals surface area contributed by atoms with Gasteiger partial charge in [-0.1, -0.05) is 6.58 Å². The van der Waals surface area contributed by atoms with E-state index in [1.165, 1.54) is 0 Å². The van der Waals surface area contributed by atoms with Crippen LogP contribution in [-0.4, -0.2) is 95.2 Å². The number of hydrogen-bond acceptors (Lipinski definition) is 2. The summed E-state index contributed by atoms with van der Waals surface area (Å²) in [4.78, 5) is 11.2. The van der Waals surface area contributed by atoms with Crippen LogP contribution in [0, 0.1) is 0 Å². The van der Waals surface area contributed by atoms with Crippen molar-refractivity contribution >= 4 is 5.97 Å². The summed E-state index contributed by atoms with van der Waals surface area (Å²) in [6.07, 6.45) is -26.0. The molecule has 0 aliphatic rings. The van der Waals surface area contributed by atoms with Gasteiger partial charge < -0.3 is 4.74 Å². The lowest BCUT2D eigenvalue weighted by molar-refractivity contribution is -0.497. The van der Waals surface area contributed by atoms with E-state index in [0.717, 1.165) is 0 Å². The van der Waals surface area contributed by atoms with Crippen molar-refractivity contribution in [2.45, 2.75) is 96.2 Å². The zero-order chi connectivity index (χ0) is 43.4. The molecule has 0 aromatic carbocycles. The quantitative estimate of drug-likeness (QED) is 0.105. The summed E-state index contributed by atoms with van der Waals surface area (Å²) >= 11 is 0. The molecular weight excluding hydrogens is 849 g/mol. The Labute approximate surface area is 261 Å². The molecule has 0 amide bonds. The smallest absolute Gasteiger partial charge is 0.413 e. The van der Waals surface area contributed by atoms with Gasteiger partial charge >= 0.3 is 95.2 Å². The molecule has 52 heavy (non-hydrogen) atoms. The van der Waals surface area contributed by atoms with Crippen LogP contribution in [0.25, 0.3) is 0 Å². The Balaban J connectivity index is 8.16. The number of alkyl halides is 31. The highest BCUT2D eigenvalue weighted by molar-refractivity contribution is 5.87. The predicted octanol–water partition coefficient (Wildman–Crippen LogP) is 10.5. The maximum Gasteiger partial charge on any atom is 0.460 e. The first kappa shape index (κ1) is 49.0. The number of carbonyl (C=O) groups excluding carboxylic acids is 1. The maximum atomic E-state index is 14.8. The third-order valence-corrected chi connectivity index (χ3v) is 6.11. The lowest BCUT2D eigenvalue weighted by Gasteiger charge is -2.47. The lowest BCUT2D eigenvalue weighted by Crippen LogP contribution is -2.81. The summed E-state index contributed by atoms with van der Waals surface area (Å²) in [5, 5.41) is 0. The van der Waals surface area contributed by atoms with Crippen molar-refractivity contribution in [3.8, 4) is 0 Å². The molecular formula is C19H5F31O2. The van der Waals surface area contributed by atoms with Crippen LogP contribution in [0.3, 0.4) is 0 Å². The number of halogens is 31. The third-order valence-electron chi connectivity index (χ3n) is 6.11. The maximum absolute atomic E-state index is 14.8. The molecule has 0 bridgehead atoms. The van der Waals surface area contributed by atoms with Crippen LogP contribution in [0.2, 0.25) is 0 Å². The average molecular weight is 854 g/mol. The summed E-state index contributed by atoms with van der Waals surface area (Å²) in [6, 6.07) is 0. The van der Waals surface area contributed by atoms with Crippen LogP contribution < -0.4 is 0 Å². The van der Waals surface area contributed by atoms with Gasteiger partial charge in [0.25, 0.3) is 0 Å². The van der Waals surface area contributed by atoms with E-state index in [9.17, 15) is 141 Å². The highest BCUT2D eigenvalue weighted by Crippen LogP contribution is 2.70. The first-order chi connectivity index (χ1) is 21.8. The molecule has 1 atom stereocenters. The molecule has 0 N–H and O–H groups in total. The van der Waals surface area contributed by atoms with Gasteiger partial charge in [-0.3, -0.25) is 0 Å². The van der Waals surface area contributed by atoms with Crippen molar-refractivity contribution < 1.29 is 146 Å². The van der Waals surface area contributed by atoms with Crippen molar-refractivity contribution in [2.75, 3.05) is 0 Å². The molecule has 0 aliphatic carbocycles. The molecule has 310 valence electrons. The Morgan fingerprint density at radius 3 is 0.769 bits per heavy atom. The number of hydrogen-bond donors (Lipinski definition) is 0. The van der Waals surface area contributed by atoms with Gasteiger partial charge in [0.05, 0.1) is 0 Å². The van der Waals surface area contributed by atoms with Crippen LogP contribution >= 0.6 is 0 Å². The SMILES string of the molecule is C=C(C)C(=O)OC(F)(C(F)(F)C(F)(F)C(F)(F)F)C(F)(F)C(F)(F)C(F)(F)C(F)(F)C(F)(F)C(F)(F)C(F)(F)C(F)(F)C(F)(C(F)(F)F)C(F)(F)F. The Bertz CT molecular complexity index is 1350. The van der Waals surface area contributed by atoms with Crippen LogP contribution in [0.5, 0.6) is 0 Å². The van der Waals surface area contributed by atoms with Gasteiger partial charge in [-0.25, -0.2) is 9.18 Å². The van der Waals surface area contributed by atoms with E-state index in [1.807, 2.05) is 11.3 Å². The molecule has 0 saturated carbocycles. The molecule has 0 fully saturated rings. The highest BCUT2D eigenvalue weighted by Gasteiger charge is 3.02. The first-order valence-electron chi connectivity index (χ1n) is 11.1. The fourth-order valence-electron chi connectivity index (χ4n) is 3.04. The fourth-order valence-corrected chi connectivity index (χ4v) is 3.04. The van der Waals surface area contributed by atoms with Gasteiger partial charge in [0.15, 0.2) is 0 Å².